The van der Waals surface area contributed by atoms with Crippen molar-refractivity contribution in [3.05, 3.63) is 0 Å². The number of carbonyl (C=O) groups is 2. The zero-order valence-corrected chi connectivity index (χ0v) is 5.09. The van der Waals surface area contributed by atoms with E-state index in [0.717, 1.165) is 0 Å². The van der Waals surface area contributed by atoms with Crippen molar-refractivity contribution < 1.29 is 9.59 Å². The molecular formula is C2H6N2O2Si. The Hall–Kier alpha value is -0.843. The molecule has 0 aliphatic heterocycles. The van der Waals surface area contributed by atoms with Gasteiger partial charge in [0.1, 0.15) is 0 Å². The summed E-state index contributed by atoms with van der Waals surface area (Å²) < 4.78 is 0. The van der Waals surface area contributed by atoms with E-state index in [-0.39, 0.29) is 0 Å². The smallest absolute Gasteiger partial charge is 0.229 e. The van der Waals surface area contributed by atoms with Gasteiger partial charge in [0.15, 0.2) is 12.8 Å². The molecule has 0 aromatic carbocycles. The van der Waals surface area contributed by atoms with E-state index in [0.29, 0.717) is 12.8 Å². The van der Waals surface area contributed by atoms with E-state index < -0.39 is 9.84 Å². The van der Waals surface area contributed by atoms with E-state index in [2.05, 4.69) is 9.96 Å². The Morgan fingerprint density at radius 1 is 1.14 bits per heavy atom. The number of nitrogens with one attached hydrogen (secondary N) is 2. The average Bonchev–Trinajstić information content (AvgIpc) is 1.69. The Bertz CT molecular complexity index is 58.7. The highest BCUT2D eigenvalue weighted by molar-refractivity contribution is 6.35. The summed E-state index contributed by atoms with van der Waals surface area (Å²) in [6, 6.07) is 0. The number of hydrogen-bond donors (Lipinski definition) is 2. The summed E-state index contributed by atoms with van der Waals surface area (Å²) in [5, 5.41) is 0. The highest BCUT2D eigenvalue weighted by Gasteiger charge is 1.74. The molecule has 0 bridgehead atoms. The zero-order valence-electron chi connectivity index (χ0n) is 3.68. The first-order valence-corrected chi connectivity index (χ1v) is 3.17. The Kier molecular flexibility index (Phi) is 4.54. The summed E-state index contributed by atoms with van der Waals surface area (Å²) in [5.41, 5.74) is 0. The Labute approximate surface area is 43.3 Å². The van der Waals surface area contributed by atoms with Crippen molar-refractivity contribution in [2.24, 2.45) is 0 Å². The van der Waals surface area contributed by atoms with Gasteiger partial charge in [-0.25, -0.2) is 0 Å². The zero-order chi connectivity index (χ0) is 5.54. The van der Waals surface area contributed by atoms with Gasteiger partial charge in [-0.15, -0.1) is 0 Å². The molecule has 0 rings (SSSR count). The molecule has 0 radical (unpaired) electrons. The van der Waals surface area contributed by atoms with Crippen LogP contribution in [0.4, 0.5) is 0 Å². The van der Waals surface area contributed by atoms with Gasteiger partial charge in [0.05, 0.1) is 0 Å². The molecule has 0 aromatic rings. The fraction of sp³-hybridized carbons (Fsp3) is 0. The molecule has 0 fully saturated rings. The molecule has 0 aliphatic carbocycles. The van der Waals surface area contributed by atoms with E-state index in [1.165, 1.54) is 0 Å². The van der Waals surface area contributed by atoms with Crippen LogP contribution in [-0.2, 0) is 9.59 Å². The molecule has 4 nitrogen and oxygen atoms in total. The first kappa shape index (κ1) is 6.16. The number of carbonyl (C=O) groups excluding carboxylic acids is 2. The third-order valence-electron chi connectivity index (χ3n) is 0.371. The van der Waals surface area contributed by atoms with Crippen molar-refractivity contribution in [1.82, 2.24) is 9.96 Å². The van der Waals surface area contributed by atoms with Crippen molar-refractivity contribution in [2.45, 2.75) is 0 Å². The van der Waals surface area contributed by atoms with Crippen LogP contribution in [0.2, 0.25) is 0 Å². The molecule has 40 valence electrons. The van der Waals surface area contributed by atoms with Crippen LogP contribution < -0.4 is 9.96 Å². The van der Waals surface area contributed by atoms with Gasteiger partial charge in [-0.3, -0.25) is 9.59 Å². The molecule has 0 saturated heterocycles. The van der Waals surface area contributed by atoms with Gasteiger partial charge in [0.25, 0.3) is 0 Å². The Balaban J connectivity index is 2.68. The lowest BCUT2D eigenvalue weighted by Gasteiger charge is -1.88. The summed E-state index contributed by atoms with van der Waals surface area (Å²) in [4.78, 5) is 23.6. The van der Waals surface area contributed by atoms with Gasteiger partial charge in [0, 0.05) is 0 Å². The molecule has 5 heteroatoms. The first-order valence-electron chi connectivity index (χ1n) is 1.76. The van der Waals surface area contributed by atoms with Crippen LogP contribution in [0.3, 0.4) is 0 Å². The van der Waals surface area contributed by atoms with Crippen molar-refractivity contribution in [3.8, 4) is 0 Å². The normalized spacial score (nSPS) is 6.86. The summed E-state index contributed by atoms with van der Waals surface area (Å²) >= 11 is 0. The van der Waals surface area contributed by atoms with Crippen molar-refractivity contribution in [2.75, 3.05) is 0 Å². The molecule has 2 N–H and O–H groups in total. The minimum atomic E-state index is -0.825. The predicted molar refractivity (Wildman–Crippen MR) is 26.9 cm³/mol. The molecular weight excluding hydrogens is 112 g/mol. The highest BCUT2D eigenvalue weighted by atomic mass is 28.2. The third-order valence-corrected chi connectivity index (χ3v) is 1.11. The van der Waals surface area contributed by atoms with Crippen LogP contribution in [-0.4, -0.2) is 22.7 Å². The standard InChI is InChI=1S/C2H6N2O2Si/c5-1-3-7-4-2-6/h1-2H,7H2,(H,3,5)(H,4,6). The van der Waals surface area contributed by atoms with Gasteiger partial charge in [-0.2, -0.15) is 0 Å². The van der Waals surface area contributed by atoms with Crippen molar-refractivity contribution >= 4 is 22.7 Å². The molecule has 0 saturated carbocycles. The minimum Gasteiger partial charge on any atom is -0.372 e. The van der Waals surface area contributed by atoms with Gasteiger partial charge < -0.3 is 9.96 Å². The fourth-order valence-electron chi connectivity index (χ4n) is 0.142. The van der Waals surface area contributed by atoms with Crippen LogP contribution in [0.1, 0.15) is 0 Å². The summed E-state index contributed by atoms with van der Waals surface area (Å²) in [6.07, 6.45) is 1.14. The van der Waals surface area contributed by atoms with Crippen molar-refractivity contribution in [1.29, 1.82) is 0 Å². The van der Waals surface area contributed by atoms with Crippen LogP contribution in [0.25, 0.3) is 0 Å². The van der Waals surface area contributed by atoms with Gasteiger partial charge in [0.2, 0.25) is 9.84 Å². The lowest BCUT2D eigenvalue weighted by molar-refractivity contribution is -0.108. The second-order valence-electron chi connectivity index (χ2n) is 0.821. The second kappa shape index (κ2) is 5.16. The van der Waals surface area contributed by atoms with Gasteiger partial charge in [-0.05, 0) is 0 Å². The van der Waals surface area contributed by atoms with E-state index in [1.807, 2.05) is 0 Å². The van der Waals surface area contributed by atoms with E-state index in [4.69, 9.17) is 0 Å². The average molecular weight is 118 g/mol. The lowest BCUT2D eigenvalue weighted by atomic mass is 11.5. The minimum absolute atomic E-state index is 0.572. The van der Waals surface area contributed by atoms with Crippen LogP contribution in [0, 0.1) is 0 Å². The molecule has 0 aliphatic rings. The maximum Gasteiger partial charge on any atom is 0.229 e. The van der Waals surface area contributed by atoms with Crippen LogP contribution in [0.15, 0.2) is 0 Å². The maximum absolute atomic E-state index is 9.45. The lowest BCUT2D eigenvalue weighted by Crippen LogP contribution is -2.30. The highest BCUT2D eigenvalue weighted by Crippen LogP contribution is 1.30. The number of rotatable bonds is 4. The summed E-state index contributed by atoms with van der Waals surface area (Å²) in [6.45, 7) is 0. The van der Waals surface area contributed by atoms with E-state index in [9.17, 15) is 9.59 Å². The molecule has 0 atom stereocenters. The maximum atomic E-state index is 9.45. The predicted octanol–water partition coefficient (Wildman–Crippen LogP) is -2.52. The number of hydrogen-bond acceptors (Lipinski definition) is 2. The Morgan fingerprint density at radius 3 is 1.86 bits per heavy atom. The molecule has 2 amide bonds. The molecule has 0 spiro atoms. The van der Waals surface area contributed by atoms with E-state index in [1.54, 1.807) is 0 Å². The molecule has 7 heavy (non-hydrogen) atoms. The molecule has 0 unspecified atom stereocenters. The van der Waals surface area contributed by atoms with Gasteiger partial charge in [-0.1, -0.05) is 0 Å². The van der Waals surface area contributed by atoms with Crippen molar-refractivity contribution in [3.63, 3.8) is 0 Å². The summed E-state index contributed by atoms with van der Waals surface area (Å²) in [5.74, 6) is 0. The topological polar surface area (TPSA) is 58.2 Å². The second-order valence-corrected chi connectivity index (χ2v) is 1.99. The van der Waals surface area contributed by atoms with Gasteiger partial charge >= 0.3 is 0 Å². The van der Waals surface area contributed by atoms with Crippen LogP contribution in [0.5, 0.6) is 0 Å². The first-order chi connectivity index (χ1) is 3.41. The number of amides is 2. The quantitative estimate of drug-likeness (QED) is 0.243. The third kappa shape index (κ3) is 5.16. The van der Waals surface area contributed by atoms with Crippen LogP contribution >= 0.6 is 0 Å². The fourth-order valence-corrected chi connectivity index (χ4v) is 0.427. The summed E-state index contributed by atoms with van der Waals surface area (Å²) in [7, 11) is -0.825. The Morgan fingerprint density at radius 2 is 1.57 bits per heavy atom. The molecule has 0 heterocycles. The van der Waals surface area contributed by atoms with E-state index >= 15 is 0 Å². The largest absolute Gasteiger partial charge is 0.372 e. The molecule has 0 aromatic heterocycles. The monoisotopic (exact) mass is 118 g/mol. The SMILES string of the molecule is O=CN[SiH2]NC=O.